The number of nitrogens with one attached hydrogen (secondary N) is 2. The van der Waals surface area contributed by atoms with Crippen LogP contribution < -0.4 is 10.6 Å². The maximum atomic E-state index is 12.8. The molecule has 1 aliphatic rings. The second-order valence-electron chi connectivity index (χ2n) is 7.30. The van der Waals surface area contributed by atoms with Gasteiger partial charge < -0.3 is 20.4 Å². The summed E-state index contributed by atoms with van der Waals surface area (Å²) in [5, 5.41) is 5.85. The molecule has 0 saturated carbocycles. The van der Waals surface area contributed by atoms with E-state index in [1.54, 1.807) is 12.1 Å². The Labute approximate surface area is 154 Å². The van der Waals surface area contributed by atoms with Gasteiger partial charge in [0, 0.05) is 31.6 Å². The predicted octanol–water partition coefficient (Wildman–Crippen LogP) is 1.93. The van der Waals surface area contributed by atoms with Gasteiger partial charge in [-0.3, -0.25) is 9.59 Å². The molecule has 1 aromatic rings. The van der Waals surface area contributed by atoms with Crippen LogP contribution in [0.4, 0.5) is 5.69 Å². The van der Waals surface area contributed by atoms with Gasteiger partial charge in [-0.1, -0.05) is 32.9 Å². The summed E-state index contributed by atoms with van der Waals surface area (Å²) >= 11 is 5.22. The highest BCUT2D eigenvalue weighted by molar-refractivity contribution is 7.80. The van der Waals surface area contributed by atoms with Crippen molar-refractivity contribution in [3.8, 4) is 0 Å². The lowest BCUT2D eigenvalue weighted by Gasteiger charge is -2.32. The molecule has 2 amide bonds. The molecule has 0 spiro atoms. The third-order valence-corrected chi connectivity index (χ3v) is 4.31. The maximum absolute atomic E-state index is 12.8. The van der Waals surface area contributed by atoms with Crippen LogP contribution in [0.2, 0.25) is 0 Å². The van der Waals surface area contributed by atoms with Crippen molar-refractivity contribution in [3.05, 3.63) is 29.8 Å². The number of hydrogen-bond acceptors (Lipinski definition) is 4. The number of thiocarbonyl (C=S) groups is 1. The summed E-state index contributed by atoms with van der Waals surface area (Å²) in [7, 11) is 2.05. The number of carbonyl (C=O) groups is 2. The molecule has 7 heteroatoms. The molecule has 2 rings (SSSR count). The lowest BCUT2D eigenvalue weighted by Crippen LogP contribution is -2.47. The van der Waals surface area contributed by atoms with Gasteiger partial charge in [0.25, 0.3) is 5.91 Å². The summed E-state index contributed by atoms with van der Waals surface area (Å²) in [6.45, 7) is 8.58. The fraction of sp³-hybridized carbons (Fsp3) is 0.500. The first-order valence-electron chi connectivity index (χ1n) is 8.38. The number of amides is 2. The Morgan fingerprint density at radius 1 is 1.08 bits per heavy atom. The van der Waals surface area contributed by atoms with Crippen LogP contribution in [0.25, 0.3) is 0 Å². The fourth-order valence-electron chi connectivity index (χ4n) is 2.40. The first-order chi connectivity index (χ1) is 11.7. The SMILES string of the molecule is CN1CCN(C(=O)c2ccccc2NC(=S)NC(=O)C(C)(C)C)CC1. The lowest BCUT2D eigenvalue weighted by molar-refractivity contribution is -0.126. The molecule has 25 heavy (non-hydrogen) atoms. The number of rotatable bonds is 2. The first-order valence-corrected chi connectivity index (χ1v) is 8.78. The van der Waals surface area contributed by atoms with Crippen molar-refractivity contribution in [2.75, 3.05) is 38.5 Å². The molecule has 0 radical (unpaired) electrons. The predicted molar refractivity (Wildman–Crippen MR) is 104 cm³/mol. The van der Waals surface area contributed by atoms with Crippen molar-refractivity contribution in [1.82, 2.24) is 15.1 Å². The van der Waals surface area contributed by atoms with E-state index in [1.165, 1.54) is 0 Å². The summed E-state index contributed by atoms with van der Waals surface area (Å²) < 4.78 is 0. The molecule has 0 aliphatic carbocycles. The van der Waals surface area contributed by atoms with Crippen LogP contribution in [0, 0.1) is 5.41 Å². The van der Waals surface area contributed by atoms with Gasteiger partial charge >= 0.3 is 0 Å². The summed E-state index contributed by atoms with van der Waals surface area (Å²) in [4.78, 5) is 28.9. The number of nitrogens with zero attached hydrogens (tertiary/aromatic N) is 2. The Morgan fingerprint density at radius 2 is 1.68 bits per heavy atom. The third-order valence-electron chi connectivity index (χ3n) is 4.10. The molecule has 0 atom stereocenters. The second kappa shape index (κ2) is 7.93. The van der Waals surface area contributed by atoms with Crippen molar-refractivity contribution in [2.24, 2.45) is 5.41 Å². The zero-order chi connectivity index (χ0) is 18.6. The number of benzene rings is 1. The van der Waals surface area contributed by atoms with Gasteiger partial charge in [-0.2, -0.15) is 0 Å². The third kappa shape index (κ3) is 5.24. The van der Waals surface area contributed by atoms with Crippen LogP contribution in [0.3, 0.4) is 0 Å². The molecule has 1 saturated heterocycles. The molecular formula is C18H26N4O2S. The molecule has 6 nitrogen and oxygen atoms in total. The normalized spacial score (nSPS) is 15.6. The highest BCUT2D eigenvalue weighted by atomic mass is 32.1. The topological polar surface area (TPSA) is 64.7 Å². The molecule has 2 N–H and O–H groups in total. The highest BCUT2D eigenvalue weighted by Crippen LogP contribution is 2.19. The van der Waals surface area contributed by atoms with Crippen LogP contribution in [-0.4, -0.2) is 60.0 Å². The Bertz CT molecular complexity index is 661. The number of carbonyl (C=O) groups excluding carboxylic acids is 2. The van der Waals surface area contributed by atoms with Gasteiger partial charge in [0.2, 0.25) is 5.91 Å². The smallest absolute Gasteiger partial charge is 0.256 e. The molecule has 1 aliphatic heterocycles. The largest absolute Gasteiger partial charge is 0.336 e. The minimum Gasteiger partial charge on any atom is -0.336 e. The Balaban J connectivity index is 2.08. The average Bonchev–Trinajstić information content (AvgIpc) is 2.54. The molecule has 1 aromatic carbocycles. The summed E-state index contributed by atoms with van der Waals surface area (Å²) in [6.07, 6.45) is 0. The molecule has 0 aromatic heterocycles. The Hall–Kier alpha value is -1.99. The average molecular weight is 362 g/mol. The van der Waals surface area contributed by atoms with Gasteiger partial charge in [0.05, 0.1) is 11.3 Å². The number of para-hydroxylation sites is 1. The van der Waals surface area contributed by atoms with Crippen LogP contribution in [0.15, 0.2) is 24.3 Å². The Kier molecular flexibility index (Phi) is 6.13. The molecule has 1 fully saturated rings. The molecule has 0 unspecified atom stereocenters. The lowest BCUT2D eigenvalue weighted by atomic mass is 9.96. The van der Waals surface area contributed by atoms with Gasteiger partial charge in [-0.15, -0.1) is 0 Å². The van der Waals surface area contributed by atoms with E-state index in [1.807, 2.05) is 44.9 Å². The van der Waals surface area contributed by atoms with E-state index in [0.717, 1.165) is 13.1 Å². The molecule has 136 valence electrons. The van der Waals surface area contributed by atoms with Crippen molar-refractivity contribution in [2.45, 2.75) is 20.8 Å². The standard InChI is InChI=1S/C18H26N4O2S/c1-18(2,3)16(24)20-17(25)19-14-8-6-5-7-13(14)15(23)22-11-9-21(4)10-12-22/h5-8H,9-12H2,1-4H3,(H2,19,20,24,25). The molecule has 0 bridgehead atoms. The number of likely N-dealkylation sites (N-methyl/N-ethyl adjacent to an activating group) is 1. The van der Waals surface area contributed by atoms with E-state index in [0.29, 0.717) is 24.3 Å². The minimum atomic E-state index is -0.541. The monoisotopic (exact) mass is 362 g/mol. The van der Waals surface area contributed by atoms with E-state index in [9.17, 15) is 9.59 Å². The second-order valence-corrected chi connectivity index (χ2v) is 7.71. The van der Waals surface area contributed by atoms with Gasteiger partial charge in [-0.25, -0.2) is 0 Å². The molecular weight excluding hydrogens is 336 g/mol. The van der Waals surface area contributed by atoms with Crippen molar-refractivity contribution >= 4 is 34.8 Å². The van der Waals surface area contributed by atoms with Gasteiger partial charge in [0.1, 0.15) is 0 Å². The fourth-order valence-corrected chi connectivity index (χ4v) is 2.61. The van der Waals surface area contributed by atoms with E-state index in [4.69, 9.17) is 12.2 Å². The van der Waals surface area contributed by atoms with Crippen LogP contribution in [0.1, 0.15) is 31.1 Å². The zero-order valence-electron chi connectivity index (χ0n) is 15.3. The Morgan fingerprint density at radius 3 is 2.28 bits per heavy atom. The first kappa shape index (κ1) is 19.3. The van der Waals surface area contributed by atoms with E-state index in [2.05, 4.69) is 15.5 Å². The quantitative estimate of drug-likeness (QED) is 0.787. The van der Waals surface area contributed by atoms with Crippen LogP contribution >= 0.6 is 12.2 Å². The summed E-state index contributed by atoms with van der Waals surface area (Å²) in [5.74, 6) is -0.200. The summed E-state index contributed by atoms with van der Waals surface area (Å²) in [6, 6.07) is 7.22. The zero-order valence-corrected chi connectivity index (χ0v) is 16.1. The minimum absolute atomic E-state index is 0.0267. The van der Waals surface area contributed by atoms with Crippen LogP contribution in [-0.2, 0) is 4.79 Å². The van der Waals surface area contributed by atoms with Crippen molar-refractivity contribution in [3.63, 3.8) is 0 Å². The number of piperazine rings is 1. The van der Waals surface area contributed by atoms with Gasteiger partial charge in [0.15, 0.2) is 5.11 Å². The molecule has 1 heterocycles. The van der Waals surface area contributed by atoms with E-state index in [-0.39, 0.29) is 16.9 Å². The highest BCUT2D eigenvalue weighted by Gasteiger charge is 2.24. The maximum Gasteiger partial charge on any atom is 0.256 e. The summed E-state index contributed by atoms with van der Waals surface area (Å²) in [5.41, 5.74) is 0.617. The number of anilines is 1. The van der Waals surface area contributed by atoms with Crippen LogP contribution in [0.5, 0.6) is 0 Å². The van der Waals surface area contributed by atoms with E-state index >= 15 is 0 Å². The van der Waals surface area contributed by atoms with Crippen molar-refractivity contribution < 1.29 is 9.59 Å². The van der Waals surface area contributed by atoms with E-state index < -0.39 is 5.41 Å². The van der Waals surface area contributed by atoms with Crippen molar-refractivity contribution in [1.29, 1.82) is 0 Å². The number of hydrogen-bond donors (Lipinski definition) is 2. The van der Waals surface area contributed by atoms with Gasteiger partial charge in [-0.05, 0) is 31.4 Å².